The Bertz CT molecular complexity index is 467. The molecule has 1 aromatic rings. The number of rotatable bonds is 4. The largest absolute Gasteiger partial charge is 0.382 e. The number of hydrogen-bond donors (Lipinski definition) is 2. The Hall–Kier alpha value is -1.07. The number of sulfonamides is 1. The van der Waals surface area contributed by atoms with Crippen LogP contribution in [0.1, 0.15) is 13.3 Å². The van der Waals surface area contributed by atoms with Gasteiger partial charge in [0, 0.05) is 11.7 Å². The zero-order valence-electron chi connectivity index (χ0n) is 9.40. The summed E-state index contributed by atoms with van der Waals surface area (Å²) in [4.78, 5) is 0.296. The standard InChI is InChI=1S/C11H16N2O2S/c1-8-7-11(8)13-9-3-5-10(6-4-9)16(14,15)12-2/h3-6,8,11-13H,7H2,1-2H3. The molecule has 2 unspecified atom stereocenters. The summed E-state index contributed by atoms with van der Waals surface area (Å²) >= 11 is 0. The Morgan fingerprint density at radius 2 is 1.81 bits per heavy atom. The predicted molar refractivity (Wildman–Crippen MR) is 63.9 cm³/mol. The van der Waals surface area contributed by atoms with Crippen molar-refractivity contribution >= 4 is 15.7 Å². The molecule has 0 aromatic heterocycles. The van der Waals surface area contributed by atoms with Crippen LogP contribution in [-0.4, -0.2) is 21.5 Å². The Morgan fingerprint density at radius 3 is 2.25 bits per heavy atom. The van der Waals surface area contributed by atoms with E-state index >= 15 is 0 Å². The van der Waals surface area contributed by atoms with Gasteiger partial charge in [-0.1, -0.05) is 6.92 Å². The lowest BCUT2D eigenvalue weighted by atomic mass is 10.3. The van der Waals surface area contributed by atoms with Gasteiger partial charge in [-0.05, 0) is 43.7 Å². The maximum absolute atomic E-state index is 11.5. The normalized spacial score (nSPS) is 24.1. The fraction of sp³-hybridized carbons (Fsp3) is 0.455. The Kier molecular flexibility index (Phi) is 2.90. The van der Waals surface area contributed by atoms with Crippen molar-refractivity contribution in [3.05, 3.63) is 24.3 Å². The zero-order valence-corrected chi connectivity index (χ0v) is 10.2. The Labute approximate surface area is 96.1 Å². The first kappa shape index (κ1) is 11.4. The summed E-state index contributed by atoms with van der Waals surface area (Å²) in [7, 11) is -1.91. The van der Waals surface area contributed by atoms with Crippen molar-refractivity contribution in [3.63, 3.8) is 0 Å². The van der Waals surface area contributed by atoms with Crippen molar-refractivity contribution < 1.29 is 8.42 Å². The molecule has 1 fully saturated rings. The monoisotopic (exact) mass is 240 g/mol. The average molecular weight is 240 g/mol. The molecule has 0 amide bonds. The highest BCUT2D eigenvalue weighted by Crippen LogP contribution is 2.32. The molecule has 0 bridgehead atoms. The van der Waals surface area contributed by atoms with Crippen molar-refractivity contribution in [2.75, 3.05) is 12.4 Å². The van der Waals surface area contributed by atoms with E-state index in [1.807, 2.05) is 0 Å². The van der Waals surface area contributed by atoms with Crippen LogP contribution >= 0.6 is 0 Å². The number of anilines is 1. The first-order chi connectivity index (χ1) is 7.53. The summed E-state index contributed by atoms with van der Waals surface area (Å²) in [6.07, 6.45) is 1.19. The molecule has 1 aliphatic rings. The highest BCUT2D eigenvalue weighted by atomic mass is 32.2. The molecular formula is C11H16N2O2S. The number of benzene rings is 1. The van der Waals surface area contributed by atoms with Crippen molar-refractivity contribution in [1.29, 1.82) is 0 Å². The first-order valence-electron chi connectivity index (χ1n) is 5.33. The van der Waals surface area contributed by atoms with Crippen LogP contribution in [0.15, 0.2) is 29.2 Å². The third-order valence-corrected chi connectivity index (χ3v) is 4.33. The lowest BCUT2D eigenvalue weighted by molar-refractivity contribution is 0.588. The maximum Gasteiger partial charge on any atom is 0.240 e. The molecular weight excluding hydrogens is 224 g/mol. The van der Waals surface area contributed by atoms with E-state index in [1.54, 1.807) is 24.3 Å². The molecule has 0 heterocycles. The zero-order chi connectivity index (χ0) is 11.8. The quantitative estimate of drug-likeness (QED) is 0.836. The molecule has 1 aliphatic carbocycles. The highest BCUT2D eigenvalue weighted by molar-refractivity contribution is 7.89. The molecule has 0 radical (unpaired) electrons. The van der Waals surface area contributed by atoms with Crippen LogP contribution in [0.2, 0.25) is 0 Å². The van der Waals surface area contributed by atoms with E-state index in [0.717, 1.165) is 11.6 Å². The molecule has 5 heteroatoms. The second-order valence-electron chi connectivity index (χ2n) is 4.20. The molecule has 0 saturated heterocycles. The molecule has 0 aliphatic heterocycles. The summed E-state index contributed by atoms with van der Waals surface area (Å²) in [5, 5.41) is 3.35. The van der Waals surface area contributed by atoms with Crippen LogP contribution in [0.4, 0.5) is 5.69 Å². The summed E-state index contributed by atoms with van der Waals surface area (Å²) in [5.74, 6) is 0.723. The third kappa shape index (κ3) is 2.36. The van der Waals surface area contributed by atoms with Crippen LogP contribution in [0.3, 0.4) is 0 Å². The topological polar surface area (TPSA) is 58.2 Å². The summed E-state index contributed by atoms with van der Waals surface area (Å²) in [5.41, 5.74) is 0.976. The van der Waals surface area contributed by atoms with Gasteiger partial charge in [-0.15, -0.1) is 0 Å². The average Bonchev–Trinajstić information content (AvgIpc) is 2.95. The van der Waals surface area contributed by atoms with Gasteiger partial charge < -0.3 is 5.32 Å². The van der Waals surface area contributed by atoms with Crippen molar-refractivity contribution in [3.8, 4) is 0 Å². The van der Waals surface area contributed by atoms with Gasteiger partial charge in [-0.25, -0.2) is 13.1 Å². The van der Waals surface area contributed by atoms with Gasteiger partial charge in [0.15, 0.2) is 0 Å². The molecule has 4 nitrogen and oxygen atoms in total. The fourth-order valence-corrected chi connectivity index (χ4v) is 2.32. The van der Waals surface area contributed by atoms with Crippen LogP contribution in [0.5, 0.6) is 0 Å². The minimum Gasteiger partial charge on any atom is -0.382 e. The minimum atomic E-state index is -3.32. The second kappa shape index (κ2) is 4.07. The summed E-state index contributed by atoms with van der Waals surface area (Å²) in [6, 6.07) is 7.37. The van der Waals surface area contributed by atoms with Gasteiger partial charge in [-0.3, -0.25) is 0 Å². The van der Waals surface area contributed by atoms with Gasteiger partial charge in [0.2, 0.25) is 10.0 Å². The van der Waals surface area contributed by atoms with Crippen LogP contribution in [0.25, 0.3) is 0 Å². The molecule has 16 heavy (non-hydrogen) atoms. The van der Waals surface area contributed by atoms with E-state index in [1.165, 1.54) is 13.5 Å². The third-order valence-electron chi connectivity index (χ3n) is 2.89. The van der Waals surface area contributed by atoms with E-state index in [0.29, 0.717) is 10.9 Å². The van der Waals surface area contributed by atoms with E-state index in [9.17, 15) is 8.42 Å². The van der Waals surface area contributed by atoms with Gasteiger partial charge >= 0.3 is 0 Å². The van der Waals surface area contributed by atoms with Crippen LogP contribution < -0.4 is 10.0 Å². The molecule has 1 aromatic carbocycles. The lowest BCUT2D eigenvalue weighted by Gasteiger charge is -2.06. The molecule has 88 valence electrons. The van der Waals surface area contributed by atoms with Gasteiger partial charge in [0.1, 0.15) is 0 Å². The molecule has 2 atom stereocenters. The van der Waals surface area contributed by atoms with E-state index in [2.05, 4.69) is 17.0 Å². The fourth-order valence-electron chi connectivity index (χ4n) is 1.59. The van der Waals surface area contributed by atoms with Crippen molar-refractivity contribution in [2.45, 2.75) is 24.3 Å². The van der Waals surface area contributed by atoms with Crippen LogP contribution in [-0.2, 0) is 10.0 Å². The first-order valence-corrected chi connectivity index (χ1v) is 6.81. The predicted octanol–water partition coefficient (Wildman–Crippen LogP) is 1.41. The van der Waals surface area contributed by atoms with E-state index in [-0.39, 0.29) is 0 Å². The molecule has 0 spiro atoms. The van der Waals surface area contributed by atoms with Gasteiger partial charge in [0.25, 0.3) is 0 Å². The summed E-state index contributed by atoms with van der Waals surface area (Å²) < 4.78 is 25.2. The van der Waals surface area contributed by atoms with Crippen molar-refractivity contribution in [1.82, 2.24) is 4.72 Å². The smallest absolute Gasteiger partial charge is 0.240 e. The van der Waals surface area contributed by atoms with E-state index < -0.39 is 10.0 Å². The lowest BCUT2D eigenvalue weighted by Crippen LogP contribution is -2.18. The van der Waals surface area contributed by atoms with Gasteiger partial charge in [-0.2, -0.15) is 0 Å². The molecule has 2 N–H and O–H groups in total. The highest BCUT2D eigenvalue weighted by Gasteiger charge is 2.32. The van der Waals surface area contributed by atoms with E-state index in [4.69, 9.17) is 0 Å². The second-order valence-corrected chi connectivity index (χ2v) is 6.08. The Morgan fingerprint density at radius 1 is 1.25 bits per heavy atom. The number of hydrogen-bond acceptors (Lipinski definition) is 3. The van der Waals surface area contributed by atoms with Crippen molar-refractivity contribution in [2.24, 2.45) is 5.92 Å². The van der Waals surface area contributed by atoms with Gasteiger partial charge in [0.05, 0.1) is 4.90 Å². The van der Waals surface area contributed by atoms with Crippen LogP contribution in [0, 0.1) is 5.92 Å². The molecule has 1 saturated carbocycles. The minimum absolute atomic E-state index is 0.296. The SMILES string of the molecule is CNS(=O)(=O)c1ccc(NC2CC2C)cc1. The Balaban J connectivity index is 2.10. The molecule has 2 rings (SSSR count). The number of nitrogens with one attached hydrogen (secondary N) is 2. The maximum atomic E-state index is 11.5. The summed E-state index contributed by atoms with van der Waals surface area (Å²) in [6.45, 7) is 2.19.